The minimum atomic E-state index is -4.71. The molecule has 0 spiro atoms. The molecule has 0 bridgehead atoms. The van der Waals surface area contributed by atoms with Gasteiger partial charge in [-0.1, -0.05) is 98.8 Å². The molecule has 232 valence electrons. The van der Waals surface area contributed by atoms with E-state index >= 15 is 0 Å². The number of para-hydroxylation sites is 1. The van der Waals surface area contributed by atoms with E-state index in [1.165, 1.54) is 16.7 Å². The van der Waals surface area contributed by atoms with E-state index in [0.717, 1.165) is 16.7 Å². The fourth-order valence-corrected chi connectivity index (χ4v) is 6.40. The van der Waals surface area contributed by atoms with Crippen LogP contribution >= 0.6 is 7.82 Å². The van der Waals surface area contributed by atoms with Gasteiger partial charge in [0.2, 0.25) is 0 Å². The maximum absolute atomic E-state index is 13.9. The van der Waals surface area contributed by atoms with Crippen LogP contribution in [0.1, 0.15) is 53.8 Å². The number of aromatic nitrogens is 2. The number of phosphoric ester groups is 1. The molecule has 0 amide bonds. The highest BCUT2D eigenvalue weighted by Crippen LogP contribution is 2.50. The smallest absolute Gasteiger partial charge is 0.403 e. The molecule has 45 heavy (non-hydrogen) atoms. The molecule has 0 fully saturated rings. The van der Waals surface area contributed by atoms with Gasteiger partial charge >= 0.3 is 7.82 Å². The number of benzene rings is 4. The van der Waals surface area contributed by atoms with E-state index in [2.05, 4.69) is 0 Å². The van der Waals surface area contributed by atoms with Crippen molar-refractivity contribution in [2.24, 2.45) is 0 Å². The molecule has 0 radical (unpaired) electrons. The van der Waals surface area contributed by atoms with E-state index in [1.807, 2.05) is 74.5 Å². The molecule has 7 nitrogen and oxygen atoms in total. The Labute approximate surface area is 262 Å². The highest BCUT2D eigenvalue weighted by Gasteiger charge is 2.31. The lowest BCUT2D eigenvalue weighted by atomic mass is 10.0. The van der Waals surface area contributed by atoms with Crippen molar-refractivity contribution in [1.29, 1.82) is 0 Å². The fourth-order valence-electron chi connectivity index (χ4n) is 5.44. The van der Waals surface area contributed by atoms with Crippen molar-refractivity contribution >= 4 is 7.82 Å². The zero-order valence-electron chi connectivity index (χ0n) is 25.5. The third-order valence-electron chi connectivity index (χ3n) is 7.52. The second kappa shape index (κ2) is 14.2. The van der Waals surface area contributed by atoms with Crippen LogP contribution in [0.15, 0.2) is 114 Å². The molecule has 5 aromatic rings. The predicted molar refractivity (Wildman–Crippen MR) is 174 cm³/mol. The number of halogens is 1. The second-order valence-electron chi connectivity index (χ2n) is 11.2. The third kappa shape index (κ3) is 8.03. The van der Waals surface area contributed by atoms with E-state index in [0.29, 0.717) is 29.7 Å². The number of hydrogen-bond acceptors (Lipinski definition) is 5. The summed E-state index contributed by atoms with van der Waals surface area (Å²) < 4.78 is 40.7. The van der Waals surface area contributed by atoms with Crippen molar-refractivity contribution in [2.45, 2.75) is 52.2 Å². The van der Waals surface area contributed by atoms with E-state index in [-0.39, 0.29) is 35.4 Å². The highest BCUT2D eigenvalue weighted by atomic mass is 31.2. The van der Waals surface area contributed by atoms with Gasteiger partial charge in [-0.25, -0.2) is 13.9 Å². The standard InChI is InChI=1S/C36H36FN2O5P/c1-25(2)34-26(3)38-35(39(36(34)40)22-21-28-15-12-18-30(37)23-28)31-19-10-11-20-32(31)43-45(41,42)44-33(29-16-8-5-9-17-29)24-27-13-6-4-7-14-27/h4-20,23,25,33H,21-22,24H2,1-3H3,(H,41,42). The topological polar surface area (TPSA) is 90.7 Å². The maximum Gasteiger partial charge on any atom is 0.528 e. The molecule has 4 aromatic carbocycles. The summed E-state index contributed by atoms with van der Waals surface area (Å²) in [5.41, 5.74) is 3.62. The first kappa shape index (κ1) is 32.0. The summed E-state index contributed by atoms with van der Waals surface area (Å²) in [6.07, 6.45) is -0.0560. The van der Waals surface area contributed by atoms with Gasteiger partial charge in [0.1, 0.15) is 17.4 Å². The molecule has 1 aromatic heterocycles. The minimum absolute atomic E-state index is 0.0398. The molecule has 0 saturated heterocycles. The van der Waals surface area contributed by atoms with Gasteiger partial charge in [0.05, 0.1) is 11.7 Å². The zero-order chi connectivity index (χ0) is 32.0. The molecule has 0 aliphatic rings. The molecule has 5 rings (SSSR count). The average Bonchev–Trinajstić information content (AvgIpc) is 3.01. The van der Waals surface area contributed by atoms with Gasteiger partial charge in [0.25, 0.3) is 5.56 Å². The summed E-state index contributed by atoms with van der Waals surface area (Å²) in [7, 11) is -4.71. The Balaban J connectivity index is 1.51. The van der Waals surface area contributed by atoms with Gasteiger partial charge in [-0.15, -0.1) is 0 Å². The lowest BCUT2D eigenvalue weighted by molar-refractivity contribution is 0.138. The summed E-state index contributed by atoms with van der Waals surface area (Å²) >= 11 is 0. The van der Waals surface area contributed by atoms with Crippen LogP contribution in [0.2, 0.25) is 0 Å². The number of phosphoric acid groups is 1. The van der Waals surface area contributed by atoms with Gasteiger partial charge in [-0.3, -0.25) is 18.8 Å². The minimum Gasteiger partial charge on any atom is -0.403 e. The normalized spacial score (nSPS) is 13.4. The van der Waals surface area contributed by atoms with Crippen LogP contribution in [0.25, 0.3) is 11.4 Å². The summed E-state index contributed by atoms with van der Waals surface area (Å²) in [4.78, 5) is 29.8. The van der Waals surface area contributed by atoms with E-state index in [9.17, 15) is 18.6 Å². The predicted octanol–water partition coefficient (Wildman–Crippen LogP) is 8.20. The van der Waals surface area contributed by atoms with E-state index in [4.69, 9.17) is 14.0 Å². The first-order chi connectivity index (χ1) is 21.6. The Morgan fingerprint density at radius 2 is 1.53 bits per heavy atom. The first-order valence-electron chi connectivity index (χ1n) is 14.9. The zero-order valence-corrected chi connectivity index (χ0v) is 26.4. The molecule has 2 unspecified atom stereocenters. The molecule has 1 N–H and O–H groups in total. The van der Waals surface area contributed by atoms with E-state index in [1.54, 1.807) is 43.3 Å². The summed E-state index contributed by atoms with van der Waals surface area (Å²) in [6.45, 7) is 5.84. The first-order valence-corrected chi connectivity index (χ1v) is 16.4. The molecule has 0 saturated carbocycles. The third-order valence-corrected chi connectivity index (χ3v) is 8.47. The van der Waals surface area contributed by atoms with Crippen molar-refractivity contribution in [3.8, 4) is 17.1 Å². The molecular formula is C36H36FN2O5P. The quantitative estimate of drug-likeness (QED) is 0.140. The highest BCUT2D eigenvalue weighted by molar-refractivity contribution is 7.47. The van der Waals surface area contributed by atoms with Gasteiger partial charge < -0.3 is 4.52 Å². The molecule has 2 atom stereocenters. The van der Waals surface area contributed by atoms with Gasteiger partial charge in [-0.05, 0) is 60.2 Å². The van der Waals surface area contributed by atoms with Crippen LogP contribution in [-0.2, 0) is 28.5 Å². The molecule has 9 heteroatoms. The second-order valence-corrected chi connectivity index (χ2v) is 12.5. The fraction of sp³-hybridized carbons (Fsp3) is 0.222. The largest absolute Gasteiger partial charge is 0.528 e. The molecule has 0 aliphatic heterocycles. The van der Waals surface area contributed by atoms with Crippen molar-refractivity contribution in [1.82, 2.24) is 9.55 Å². The maximum atomic E-state index is 13.9. The number of nitrogens with zero attached hydrogens (tertiary/aromatic N) is 2. The van der Waals surface area contributed by atoms with Crippen LogP contribution in [0, 0.1) is 12.7 Å². The lowest BCUT2D eigenvalue weighted by Gasteiger charge is -2.23. The summed E-state index contributed by atoms with van der Waals surface area (Å²) in [5, 5.41) is 0. The Kier molecular flexibility index (Phi) is 10.1. The number of hydrogen-bond donors (Lipinski definition) is 1. The Hall–Kier alpha value is -4.36. The van der Waals surface area contributed by atoms with Crippen LogP contribution in [0.3, 0.4) is 0 Å². The average molecular weight is 627 g/mol. The van der Waals surface area contributed by atoms with Gasteiger partial charge in [0.15, 0.2) is 0 Å². The molecule has 0 aliphatic carbocycles. The Bertz CT molecular complexity index is 1860. The van der Waals surface area contributed by atoms with Gasteiger partial charge in [-0.2, -0.15) is 0 Å². The van der Waals surface area contributed by atoms with Crippen molar-refractivity contribution in [3.05, 3.63) is 153 Å². The summed E-state index contributed by atoms with van der Waals surface area (Å²) in [6, 6.07) is 31.6. The SMILES string of the molecule is Cc1nc(-c2ccccc2OP(=O)(O)OC(Cc2ccccc2)c2ccccc2)n(CCc2cccc(F)c2)c(=O)c1C(C)C. The molecular weight excluding hydrogens is 590 g/mol. The number of aryl methyl sites for hydroxylation is 2. The van der Waals surface area contributed by atoms with Gasteiger partial charge in [0, 0.05) is 24.2 Å². The van der Waals surface area contributed by atoms with Crippen LogP contribution in [-0.4, -0.2) is 14.4 Å². The monoisotopic (exact) mass is 626 g/mol. The van der Waals surface area contributed by atoms with Crippen LogP contribution in [0.4, 0.5) is 4.39 Å². The lowest BCUT2D eigenvalue weighted by Crippen LogP contribution is -2.29. The van der Waals surface area contributed by atoms with Crippen molar-refractivity contribution in [2.75, 3.05) is 0 Å². The summed E-state index contributed by atoms with van der Waals surface area (Å²) in [5.74, 6) is -0.129. The van der Waals surface area contributed by atoms with E-state index < -0.39 is 13.9 Å². The molecule has 1 heterocycles. The number of rotatable bonds is 12. The van der Waals surface area contributed by atoms with Crippen LogP contribution < -0.4 is 10.1 Å². The Morgan fingerprint density at radius 1 is 0.889 bits per heavy atom. The van der Waals surface area contributed by atoms with Crippen molar-refractivity contribution in [3.63, 3.8) is 0 Å². The Morgan fingerprint density at radius 3 is 2.22 bits per heavy atom. The van der Waals surface area contributed by atoms with Crippen molar-refractivity contribution < 1.29 is 22.9 Å². The van der Waals surface area contributed by atoms with Crippen LogP contribution in [0.5, 0.6) is 5.75 Å².